The largest absolute Gasteiger partial charge is 0.506 e. The van der Waals surface area contributed by atoms with Gasteiger partial charge in [-0.3, -0.25) is 9.89 Å². The van der Waals surface area contributed by atoms with Crippen LogP contribution in [0.2, 0.25) is 0 Å². The molecule has 0 aliphatic carbocycles. The highest BCUT2D eigenvalue weighted by Gasteiger charge is 2.38. The molecule has 0 unspecified atom stereocenters. The monoisotopic (exact) mass is 340 g/mol. The second-order valence-electron chi connectivity index (χ2n) is 5.14. The van der Waals surface area contributed by atoms with E-state index in [-0.39, 0.29) is 5.56 Å². The van der Waals surface area contributed by atoms with Gasteiger partial charge >= 0.3 is 10.2 Å². The van der Waals surface area contributed by atoms with Gasteiger partial charge in [-0.05, 0) is 31.5 Å². The van der Waals surface area contributed by atoms with Crippen LogP contribution in [0.25, 0.3) is 11.3 Å². The van der Waals surface area contributed by atoms with Crippen molar-refractivity contribution in [1.82, 2.24) is 14.9 Å². The van der Waals surface area contributed by atoms with Crippen LogP contribution in [-0.2, 0) is 15.0 Å². The Hall–Kier alpha value is -2.62. The summed E-state index contributed by atoms with van der Waals surface area (Å²) in [5.41, 5.74) is 1.20. The van der Waals surface area contributed by atoms with Gasteiger partial charge in [0.25, 0.3) is 5.91 Å². The van der Waals surface area contributed by atoms with Crippen molar-refractivity contribution in [2.45, 2.75) is 13.8 Å². The number of rotatable bonds is 2. The van der Waals surface area contributed by atoms with Crippen LogP contribution in [0, 0.1) is 19.7 Å². The van der Waals surface area contributed by atoms with Crippen molar-refractivity contribution in [2.24, 2.45) is 0 Å². The smallest absolute Gasteiger partial charge is 0.326 e. The standard InChI is InChI=1S/C13H13FN4O4S/c1-6-7(2)15-16-12(6)8-3-4-9(19)13(11(8)14)18-5-10(20)17-23(18,21)22/h3-4,19H,5H2,1-2H3,(H,15,16)(H,17,20). The number of amides is 1. The molecule has 0 bridgehead atoms. The topological polar surface area (TPSA) is 115 Å². The SMILES string of the molecule is Cc1n[nH]c(-c2ccc(O)c(N3CC(=O)NS3(=O)=O)c2F)c1C. The molecule has 1 aromatic heterocycles. The van der Waals surface area contributed by atoms with E-state index in [9.17, 15) is 22.7 Å². The molecule has 0 spiro atoms. The first-order chi connectivity index (χ1) is 10.7. The maximum atomic E-state index is 14.9. The number of H-pyrrole nitrogens is 1. The molecule has 0 saturated carbocycles. The molecule has 10 heteroatoms. The molecule has 1 aliphatic rings. The number of aromatic amines is 1. The number of anilines is 1. The first kappa shape index (κ1) is 15.3. The minimum Gasteiger partial charge on any atom is -0.506 e. The van der Waals surface area contributed by atoms with Crippen molar-refractivity contribution in [1.29, 1.82) is 0 Å². The third-order valence-corrected chi connectivity index (χ3v) is 5.06. The molecule has 1 aliphatic heterocycles. The Morgan fingerprint density at radius 3 is 2.57 bits per heavy atom. The Morgan fingerprint density at radius 2 is 2.04 bits per heavy atom. The van der Waals surface area contributed by atoms with E-state index in [1.807, 2.05) is 0 Å². The lowest BCUT2D eigenvalue weighted by Crippen LogP contribution is -2.30. The van der Waals surface area contributed by atoms with E-state index >= 15 is 0 Å². The summed E-state index contributed by atoms with van der Waals surface area (Å²) < 4.78 is 40.9. The fraction of sp³-hybridized carbons (Fsp3) is 0.231. The van der Waals surface area contributed by atoms with Crippen molar-refractivity contribution in [2.75, 3.05) is 10.8 Å². The summed E-state index contributed by atoms with van der Waals surface area (Å²) in [6.07, 6.45) is 0. The van der Waals surface area contributed by atoms with E-state index in [0.717, 1.165) is 0 Å². The number of benzene rings is 1. The Labute approximate surface area is 131 Å². The highest BCUT2D eigenvalue weighted by atomic mass is 32.2. The summed E-state index contributed by atoms with van der Waals surface area (Å²) in [4.78, 5) is 11.3. The predicted molar refractivity (Wildman–Crippen MR) is 79.5 cm³/mol. The zero-order valence-corrected chi connectivity index (χ0v) is 13.0. The van der Waals surface area contributed by atoms with Crippen molar-refractivity contribution in [3.8, 4) is 17.0 Å². The summed E-state index contributed by atoms with van der Waals surface area (Å²) in [5.74, 6) is -2.35. The van der Waals surface area contributed by atoms with E-state index in [1.165, 1.54) is 12.1 Å². The number of aryl methyl sites for hydroxylation is 1. The lowest BCUT2D eigenvalue weighted by atomic mass is 10.1. The number of nitrogens with one attached hydrogen (secondary N) is 2. The maximum Gasteiger partial charge on any atom is 0.326 e. The molecule has 1 saturated heterocycles. The number of aromatic hydroxyl groups is 1. The summed E-state index contributed by atoms with van der Waals surface area (Å²) >= 11 is 0. The molecule has 3 rings (SSSR count). The molecular weight excluding hydrogens is 327 g/mol. The minimum atomic E-state index is -4.23. The van der Waals surface area contributed by atoms with E-state index in [1.54, 1.807) is 18.6 Å². The molecule has 1 amide bonds. The summed E-state index contributed by atoms with van der Waals surface area (Å²) in [6.45, 7) is 2.87. The average Bonchev–Trinajstić information content (AvgIpc) is 2.91. The lowest BCUT2D eigenvalue weighted by molar-refractivity contribution is -0.117. The van der Waals surface area contributed by atoms with E-state index in [0.29, 0.717) is 21.3 Å². The fourth-order valence-electron chi connectivity index (χ4n) is 2.38. The van der Waals surface area contributed by atoms with Crippen molar-refractivity contribution < 1.29 is 22.7 Å². The molecule has 122 valence electrons. The summed E-state index contributed by atoms with van der Waals surface area (Å²) in [6, 6.07) is 2.48. The number of aromatic nitrogens is 2. The molecule has 8 nitrogen and oxygen atoms in total. The van der Waals surface area contributed by atoms with Gasteiger partial charge in [0.2, 0.25) is 0 Å². The van der Waals surface area contributed by atoms with Crippen LogP contribution in [-0.4, -0.2) is 36.2 Å². The number of phenolic OH excluding ortho intramolecular Hbond substituents is 1. The summed E-state index contributed by atoms with van der Waals surface area (Å²) in [5, 5.41) is 16.6. The average molecular weight is 340 g/mol. The van der Waals surface area contributed by atoms with Gasteiger partial charge < -0.3 is 5.11 Å². The Morgan fingerprint density at radius 1 is 1.35 bits per heavy atom. The molecule has 2 aromatic rings. The zero-order chi connectivity index (χ0) is 16.9. The minimum absolute atomic E-state index is 0.0467. The summed E-state index contributed by atoms with van der Waals surface area (Å²) in [7, 11) is -4.23. The van der Waals surface area contributed by atoms with Crippen molar-refractivity contribution in [3.05, 3.63) is 29.2 Å². The Balaban J connectivity index is 2.22. The molecular formula is C13H13FN4O4S. The van der Waals surface area contributed by atoms with Crippen LogP contribution in [0.3, 0.4) is 0 Å². The van der Waals surface area contributed by atoms with Gasteiger partial charge in [-0.2, -0.15) is 13.5 Å². The first-order valence-corrected chi connectivity index (χ1v) is 8.03. The van der Waals surface area contributed by atoms with Crippen molar-refractivity contribution in [3.63, 3.8) is 0 Å². The molecule has 2 heterocycles. The van der Waals surface area contributed by atoms with Gasteiger partial charge in [0.05, 0.1) is 11.4 Å². The van der Waals surface area contributed by atoms with Crippen LogP contribution in [0.4, 0.5) is 10.1 Å². The zero-order valence-electron chi connectivity index (χ0n) is 12.2. The third-order valence-electron chi connectivity index (χ3n) is 3.69. The molecule has 1 fully saturated rings. The number of carbonyl (C=O) groups excluding carboxylic acids is 1. The molecule has 1 aromatic carbocycles. The van der Waals surface area contributed by atoms with Crippen LogP contribution in [0.5, 0.6) is 5.75 Å². The number of halogens is 1. The highest BCUT2D eigenvalue weighted by molar-refractivity contribution is 7.92. The molecule has 3 N–H and O–H groups in total. The lowest BCUT2D eigenvalue weighted by Gasteiger charge is -2.18. The van der Waals surface area contributed by atoms with Crippen LogP contribution < -0.4 is 9.03 Å². The maximum absolute atomic E-state index is 14.9. The highest BCUT2D eigenvalue weighted by Crippen LogP contribution is 2.39. The van der Waals surface area contributed by atoms with Crippen LogP contribution in [0.1, 0.15) is 11.3 Å². The number of nitrogens with zero attached hydrogens (tertiary/aromatic N) is 2. The Bertz CT molecular complexity index is 922. The van der Waals surface area contributed by atoms with Gasteiger partial charge in [-0.1, -0.05) is 0 Å². The normalized spacial score (nSPS) is 16.7. The van der Waals surface area contributed by atoms with Gasteiger partial charge in [-0.25, -0.2) is 13.4 Å². The van der Waals surface area contributed by atoms with E-state index in [2.05, 4.69) is 10.2 Å². The molecule has 0 radical (unpaired) electrons. The first-order valence-electron chi connectivity index (χ1n) is 6.59. The van der Waals surface area contributed by atoms with Gasteiger partial charge in [0.15, 0.2) is 5.82 Å². The van der Waals surface area contributed by atoms with Crippen molar-refractivity contribution >= 4 is 21.8 Å². The van der Waals surface area contributed by atoms with E-state index in [4.69, 9.17) is 0 Å². The second-order valence-corrected chi connectivity index (χ2v) is 6.74. The van der Waals surface area contributed by atoms with E-state index < -0.39 is 39.9 Å². The fourth-order valence-corrected chi connectivity index (χ4v) is 3.54. The van der Waals surface area contributed by atoms with Crippen LogP contribution in [0.15, 0.2) is 12.1 Å². The Kier molecular flexibility index (Phi) is 3.29. The predicted octanol–water partition coefficient (Wildman–Crippen LogP) is 0.719. The number of carbonyl (C=O) groups is 1. The van der Waals surface area contributed by atoms with Gasteiger partial charge in [0.1, 0.15) is 18.0 Å². The third kappa shape index (κ3) is 2.31. The quantitative estimate of drug-likeness (QED) is 0.745. The van der Waals surface area contributed by atoms with Crippen LogP contribution >= 0.6 is 0 Å². The number of phenols is 1. The molecule has 0 atom stereocenters. The second kappa shape index (κ2) is 4.95. The number of hydrogen-bond donors (Lipinski definition) is 3. The van der Waals surface area contributed by atoms with Gasteiger partial charge in [0, 0.05) is 5.56 Å². The number of hydrogen-bond acceptors (Lipinski definition) is 5. The van der Waals surface area contributed by atoms with Gasteiger partial charge in [-0.15, -0.1) is 0 Å². The molecule has 23 heavy (non-hydrogen) atoms.